The summed E-state index contributed by atoms with van der Waals surface area (Å²) < 4.78 is 0. The second-order valence-electron chi connectivity index (χ2n) is 19.7. The molecule has 64 heavy (non-hydrogen) atoms. The summed E-state index contributed by atoms with van der Waals surface area (Å²) in [6, 6.07) is 31.3. The molecule has 1 aliphatic rings. The molecule has 0 spiro atoms. The Morgan fingerprint density at radius 1 is 0.312 bits per heavy atom. The lowest BCUT2D eigenvalue weighted by Gasteiger charge is -2.52. The Labute approximate surface area is 398 Å². The Kier molecular flexibility index (Phi) is 23.7. The molecule has 0 aliphatic heterocycles. The van der Waals surface area contributed by atoms with Crippen LogP contribution in [0.2, 0.25) is 0 Å². The maximum atomic E-state index is 2.73. The fourth-order valence-corrected chi connectivity index (χ4v) is 20.1. The summed E-state index contributed by atoms with van der Waals surface area (Å²) in [4.78, 5) is 0.159. The second-order valence-corrected chi connectivity index (χ2v) is 25.0. The van der Waals surface area contributed by atoms with Gasteiger partial charge in [-0.05, 0) is 197 Å². The van der Waals surface area contributed by atoms with E-state index in [2.05, 4.69) is 128 Å². The van der Waals surface area contributed by atoms with Crippen LogP contribution in [0.5, 0.6) is 0 Å². The van der Waals surface area contributed by atoms with Gasteiger partial charge in [0, 0.05) is 4.90 Å². The Bertz CT molecular complexity index is 1670. The van der Waals surface area contributed by atoms with E-state index < -0.39 is 15.8 Å². The fraction of sp³-hybridized carbons (Fsp3) is 0.613. The minimum Gasteiger partial charge on any atom is -0.0654 e. The molecule has 4 aromatic carbocycles. The van der Waals surface area contributed by atoms with Gasteiger partial charge < -0.3 is 0 Å². The van der Waals surface area contributed by atoms with Crippen LogP contribution in [0.1, 0.15) is 235 Å². The van der Waals surface area contributed by atoms with Crippen molar-refractivity contribution in [3.8, 4) is 0 Å². The van der Waals surface area contributed by atoms with Crippen LogP contribution in [-0.2, 0) is 51.4 Å². The summed E-state index contributed by atoms with van der Waals surface area (Å²) in [5.41, 5.74) is 13.7. The SMILES string of the molecule is CCCCc1cccc(P(c2cccc(CCCC)c2CCCC)C2(P(c3cccc(CCCC)c3CCCC)c3cccc(CCCC)c3CCCC)CCCCC2)c1CCCC. The molecular formula is C62H94P2. The van der Waals surface area contributed by atoms with E-state index in [4.69, 9.17) is 0 Å². The van der Waals surface area contributed by atoms with Gasteiger partial charge in [0.05, 0.1) is 0 Å². The van der Waals surface area contributed by atoms with Crippen LogP contribution in [0.15, 0.2) is 72.8 Å². The molecule has 0 bridgehead atoms. The molecule has 4 aromatic rings. The molecule has 0 atom stereocenters. The fourth-order valence-electron chi connectivity index (χ4n) is 11.1. The second kappa shape index (κ2) is 28.8. The molecule has 0 radical (unpaired) electrons. The molecule has 5 rings (SSSR count). The average Bonchev–Trinajstić information content (AvgIpc) is 3.32. The van der Waals surface area contributed by atoms with Crippen molar-refractivity contribution >= 4 is 37.1 Å². The molecule has 0 nitrogen and oxygen atoms in total. The first-order valence-corrected chi connectivity index (χ1v) is 30.2. The van der Waals surface area contributed by atoms with Crippen LogP contribution in [0.4, 0.5) is 0 Å². The smallest absolute Gasteiger partial charge is 0.0267 e. The highest BCUT2D eigenvalue weighted by molar-refractivity contribution is 7.91. The van der Waals surface area contributed by atoms with Crippen molar-refractivity contribution in [1.82, 2.24) is 0 Å². The van der Waals surface area contributed by atoms with Gasteiger partial charge in [0.15, 0.2) is 0 Å². The molecule has 2 heteroatoms. The first-order valence-electron chi connectivity index (χ1n) is 27.5. The third kappa shape index (κ3) is 13.5. The molecule has 0 aromatic heterocycles. The highest BCUT2D eigenvalue weighted by Gasteiger charge is 2.51. The lowest BCUT2D eigenvalue weighted by Crippen LogP contribution is -2.43. The molecule has 1 fully saturated rings. The predicted molar refractivity (Wildman–Crippen MR) is 293 cm³/mol. The van der Waals surface area contributed by atoms with Crippen LogP contribution in [0.3, 0.4) is 0 Å². The van der Waals surface area contributed by atoms with Gasteiger partial charge >= 0.3 is 0 Å². The van der Waals surface area contributed by atoms with E-state index in [-0.39, 0.29) is 4.90 Å². The maximum Gasteiger partial charge on any atom is 0.0267 e. The number of aryl methyl sites for hydroxylation is 4. The quantitative estimate of drug-likeness (QED) is 0.0458. The van der Waals surface area contributed by atoms with Crippen LogP contribution in [0, 0.1) is 0 Å². The number of hydrogen-bond donors (Lipinski definition) is 0. The van der Waals surface area contributed by atoms with E-state index in [1.165, 1.54) is 186 Å². The Balaban J connectivity index is 2.03. The predicted octanol–water partition coefficient (Wildman–Crippen LogP) is 17.7. The number of benzene rings is 4. The average molecular weight is 901 g/mol. The zero-order valence-electron chi connectivity index (χ0n) is 42.8. The zero-order chi connectivity index (χ0) is 45.6. The Hall–Kier alpha value is -2.26. The maximum absolute atomic E-state index is 2.73. The summed E-state index contributed by atoms with van der Waals surface area (Å²) in [6.45, 7) is 19.3. The van der Waals surface area contributed by atoms with Crippen molar-refractivity contribution in [3.05, 3.63) is 117 Å². The van der Waals surface area contributed by atoms with Crippen LogP contribution in [-0.4, -0.2) is 4.90 Å². The molecule has 0 heterocycles. The Morgan fingerprint density at radius 3 is 0.781 bits per heavy atom. The standard InChI is InChI=1S/C62H94P2/c1-9-17-32-50-36-28-44-58(54(50)40-21-13-5)63(59-45-29-37-51(33-18-10-2)55(59)41-22-14-6)62(48-26-25-27-49-62)64(60-46-30-38-52(34-19-11-3)56(60)42-23-15-7)61-47-31-39-53(35-20-12-4)57(61)43-24-16-8/h28-31,36-39,44-47H,9-27,32-35,40-43,48-49H2,1-8H3. The number of rotatable bonds is 30. The number of unbranched alkanes of at least 4 members (excludes halogenated alkanes) is 8. The number of hydrogen-bond acceptors (Lipinski definition) is 0. The Morgan fingerprint density at radius 2 is 0.547 bits per heavy atom. The first-order chi connectivity index (χ1) is 31.5. The van der Waals surface area contributed by atoms with Gasteiger partial charge in [0.25, 0.3) is 0 Å². The molecule has 1 saturated carbocycles. The van der Waals surface area contributed by atoms with Crippen molar-refractivity contribution in [3.63, 3.8) is 0 Å². The van der Waals surface area contributed by atoms with Crippen LogP contribution in [0.25, 0.3) is 0 Å². The van der Waals surface area contributed by atoms with E-state index >= 15 is 0 Å². The minimum atomic E-state index is -0.740. The van der Waals surface area contributed by atoms with Crippen molar-refractivity contribution in [1.29, 1.82) is 0 Å². The van der Waals surface area contributed by atoms with Gasteiger partial charge in [-0.25, -0.2) is 0 Å². The van der Waals surface area contributed by atoms with E-state index in [1.54, 1.807) is 65.7 Å². The molecular weight excluding hydrogens is 807 g/mol. The lowest BCUT2D eigenvalue weighted by atomic mass is 9.97. The topological polar surface area (TPSA) is 0 Å². The highest BCUT2D eigenvalue weighted by Crippen LogP contribution is 2.71. The largest absolute Gasteiger partial charge is 0.0654 e. The third-order valence-electron chi connectivity index (χ3n) is 14.8. The van der Waals surface area contributed by atoms with Gasteiger partial charge in [-0.15, -0.1) is 0 Å². The van der Waals surface area contributed by atoms with Gasteiger partial charge in [-0.2, -0.15) is 0 Å². The summed E-state index contributed by atoms with van der Waals surface area (Å²) >= 11 is 0. The zero-order valence-corrected chi connectivity index (χ0v) is 44.6. The monoisotopic (exact) mass is 901 g/mol. The van der Waals surface area contributed by atoms with E-state index in [9.17, 15) is 0 Å². The normalized spacial score (nSPS) is 14.0. The van der Waals surface area contributed by atoms with E-state index in [1.807, 2.05) is 0 Å². The lowest BCUT2D eigenvalue weighted by molar-refractivity contribution is 0.483. The van der Waals surface area contributed by atoms with Crippen molar-refractivity contribution in [2.24, 2.45) is 0 Å². The van der Waals surface area contributed by atoms with Gasteiger partial charge in [-0.3, -0.25) is 0 Å². The molecule has 352 valence electrons. The molecule has 1 aliphatic carbocycles. The van der Waals surface area contributed by atoms with Crippen molar-refractivity contribution in [2.75, 3.05) is 0 Å². The molecule has 0 amide bonds. The van der Waals surface area contributed by atoms with Gasteiger partial charge in [-0.1, -0.05) is 199 Å². The molecule has 0 saturated heterocycles. The van der Waals surface area contributed by atoms with Gasteiger partial charge in [0.2, 0.25) is 0 Å². The molecule has 0 N–H and O–H groups in total. The summed E-state index contributed by atoms with van der Waals surface area (Å²) in [6.07, 6.45) is 36.8. The van der Waals surface area contributed by atoms with Crippen molar-refractivity contribution in [2.45, 2.75) is 246 Å². The van der Waals surface area contributed by atoms with Crippen molar-refractivity contribution < 1.29 is 0 Å². The summed E-state index contributed by atoms with van der Waals surface area (Å²) in [5.74, 6) is 0. The highest BCUT2D eigenvalue weighted by atomic mass is 31.2. The van der Waals surface area contributed by atoms with Gasteiger partial charge in [0.1, 0.15) is 0 Å². The summed E-state index contributed by atoms with van der Waals surface area (Å²) in [5, 5.41) is 7.13. The first kappa shape index (κ1) is 52.7. The summed E-state index contributed by atoms with van der Waals surface area (Å²) in [7, 11) is -1.48. The minimum absolute atomic E-state index is 0.159. The molecule has 0 unspecified atom stereocenters. The van der Waals surface area contributed by atoms with E-state index in [0.29, 0.717) is 0 Å². The third-order valence-corrected chi connectivity index (χ3v) is 22.1. The van der Waals surface area contributed by atoms with Crippen LogP contribution < -0.4 is 21.2 Å². The van der Waals surface area contributed by atoms with Crippen LogP contribution >= 0.6 is 15.8 Å². The van der Waals surface area contributed by atoms with E-state index in [0.717, 1.165) is 0 Å².